The number of nitrogens with one attached hydrogen (secondary N) is 1. The first-order valence-electron chi connectivity index (χ1n) is 12.2. The van der Waals surface area contributed by atoms with E-state index in [0.29, 0.717) is 49.9 Å². The van der Waals surface area contributed by atoms with Crippen LogP contribution >= 0.6 is 0 Å². The van der Waals surface area contributed by atoms with Crippen molar-refractivity contribution in [2.75, 3.05) is 57.7 Å². The van der Waals surface area contributed by atoms with Crippen LogP contribution in [0.15, 0.2) is 42.9 Å². The number of fused-ring (bicyclic) bond motifs is 1. The number of imidazole rings is 1. The minimum Gasteiger partial charge on any atom is -0.360 e. The van der Waals surface area contributed by atoms with Crippen molar-refractivity contribution >= 4 is 23.3 Å². The van der Waals surface area contributed by atoms with Crippen molar-refractivity contribution in [2.24, 2.45) is 0 Å². The lowest BCUT2D eigenvalue weighted by Crippen LogP contribution is -2.52. The summed E-state index contributed by atoms with van der Waals surface area (Å²) in [5.41, 5.74) is 2.01. The minimum absolute atomic E-state index is 0.0129. The van der Waals surface area contributed by atoms with E-state index in [1.807, 2.05) is 14.2 Å². The van der Waals surface area contributed by atoms with Crippen LogP contribution in [0.3, 0.4) is 0 Å². The lowest BCUT2D eigenvalue weighted by molar-refractivity contribution is -0.135. The Balaban J connectivity index is 1.19. The highest BCUT2D eigenvalue weighted by Gasteiger charge is 2.25. The Morgan fingerprint density at radius 3 is 2.37 bits per heavy atom. The molecule has 0 atom stereocenters. The molecule has 0 bridgehead atoms. The molecule has 1 aromatic carbocycles. The number of nitrogens with zero attached hydrogens (tertiary/aromatic N) is 6. The van der Waals surface area contributed by atoms with Gasteiger partial charge in [-0.1, -0.05) is 0 Å². The summed E-state index contributed by atoms with van der Waals surface area (Å²) in [6, 6.07) is 6.12. The summed E-state index contributed by atoms with van der Waals surface area (Å²) in [6.45, 7) is 4.82. The Labute approximate surface area is 203 Å². The zero-order valence-electron chi connectivity index (χ0n) is 19.7. The fraction of sp³-hybridized carbons (Fsp3) is 0.440. The van der Waals surface area contributed by atoms with Crippen LogP contribution in [0.1, 0.15) is 19.3 Å². The van der Waals surface area contributed by atoms with Crippen molar-refractivity contribution in [3.63, 3.8) is 0 Å². The topological polar surface area (TPSA) is 86.1 Å². The molecule has 10 heteroatoms. The van der Waals surface area contributed by atoms with E-state index < -0.39 is 0 Å². The fourth-order valence-corrected chi connectivity index (χ4v) is 4.75. The van der Waals surface area contributed by atoms with Crippen LogP contribution in [0.5, 0.6) is 0 Å². The van der Waals surface area contributed by atoms with Crippen molar-refractivity contribution in [2.45, 2.75) is 19.3 Å². The Bertz CT molecular complexity index is 1180. The summed E-state index contributed by atoms with van der Waals surface area (Å²) in [6.07, 6.45) is 8.46. The number of piperazine rings is 1. The van der Waals surface area contributed by atoms with Crippen LogP contribution in [-0.4, -0.2) is 93.2 Å². The lowest BCUT2D eigenvalue weighted by atomic mass is 10.1. The van der Waals surface area contributed by atoms with Crippen LogP contribution < -0.4 is 5.32 Å². The van der Waals surface area contributed by atoms with Gasteiger partial charge in [-0.25, -0.2) is 9.37 Å². The molecule has 0 aliphatic carbocycles. The molecule has 2 aliphatic rings. The number of hydrogen-bond donors (Lipinski definition) is 1. The summed E-state index contributed by atoms with van der Waals surface area (Å²) in [4.78, 5) is 40.2. The van der Waals surface area contributed by atoms with Gasteiger partial charge in [-0.05, 0) is 43.5 Å². The summed E-state index contributed by atoms with van der Waals surface area (Å²) >= 11 is 0. The number of halogens is 1. The summed E-state index contributed by atoms with van der Waals surface area (Å²) in [5, 5.41) is 3.25. The molecule has 0 spiro atoms. The van der Waals surface area contributed by atoms with Gasteiger partial charge in [0.2, 0.25) is 11.8 Å². The van der Waals surface area contributed by atoms with E-state index in [-0.39, 0.29) is 24.2 Å². The summed E-state index contributed by atoms with van der Waals surface area (Å²) in [5.74, 6) is 0.524. The number of amides is 2. The molecule has 0 saturated carbocycles. The number of anilines is 1. The van der Waals surface area contributed by atoms with Crippen LogP contribution in [-0.2, 0) is 9.59 Å². The number of benzene rings is 1. The molecule has 2 aliphatic heterocycles. The Morgan fingerprint density at radius 2 is 1.63 bits per heavy atom. The Hall–Kier alpha value is -3.53. The van der Waals surface area contributed by atoms with Gasteiger partial charge in [-0.2, -0.15) is 0 Å². The number of carbonyl (C=O) groups excluding carboxylic acids is 2. The summed E-state index contributed by atoms with van der Waals surface area (Å²) < 4.78 is 15.3. The quantitative estimate of drug-likeness (QED) is 0.583. The number of aromatic nitrogens is 3. The van der Waals surface area contributed by atoms with Gasteiger partial charge >= 0.3 is 0 Å². The number of hydrogen-bond acceptors (Lipinski definition) is 6. The molecule has 2 fully saturated rings. The van der Waals surface area contributed by atoms with E-state index >= 15 is 0 Å². The van der Waals surface area contributed by atoms with Crippen LogP contribution in [0.4, 0.5) is 10.2 Å². The third kappa shape index (κ3) is 5.27. The second-order valence-electron chi connectivity index (χ2n) is 9.07. The third-order valence-corrected chi connectivity index (χ3v) is 6.75. The van der Waals surface area contributed by atoms with Gasteiger partial charge in [0.15, 0.2) is 5.65 Å². The zero-order valence-corrected chi connectivity index (χ0v) is 19.7. The van der Waals surface area contributed by atoms with Crippen molar-refractivity contribution in [3.8, 4) is 11.3 Å². The van der Waals surface area contributed by atoms with Crippen molar-refractivity contribution < 1.29 is 14.0 Å². The van der Waals surface area contributed by atoms with Gasteiger partial charge < -0.3 is 15.1 Å². The highest BCUT2D eigenvalue weighted by molar-refractivity contribution is 5.84. The highest BCUT2D eigenvalue weighted by atomic mass is 19.1. The zero-order chi connectivity index (χ0) is 24.2. The van der Waals surface area contributed by atoms with E-state index in [2.05, 4.69) is 20.2 Å². The normalized spacial score (nSPS) is 17.1. The molecule has 0 radical (unpaired) electrons. The highest BCUT2D eigenvalue weighted by Crippen LogP contribution is 2.28. The summed E-state index contributed by atoms with van der Waals surface area (Å²) in [7, 11) is 0. The fourth-order valence-electron chi connectivity index (χ4n) is 4.75. The first-order valence-corrected chi connectivity index (χ1v) is 12.2. The van der Waals surface area contributed by atoms with Gasteiger partial charge in [0.1, 0.15) is 17.3 Å². The molecule has 9 nitrogen and oxygen atoms in total. The van der Waals surface area contributed by atoms with Gasteiger partial charge in [0, 0.05) is 57.2 Å². The number of piperidine rings is 1. The van der Waals surface area contributed by atoms with Crippen molar-refractivity contribution in [1.29, 1.82) is 0 Å². The molecule has 4 heterocycles. The third-order valence-electron chi connectivity index (χ3n) is 6.75. The molecule has 1 N–H and O–H groups in total. The standard InChI is InChI=1S/C25H30FN7O2/c26-20-6-4-19(5-7-20)24-25(33-11-8-27-16-21(33)29-24)28-17-22(34)32-14-12-30(13-15-32)18-23(35)31-9-2-1-3-10-31/h4-8,11,16,28H,1-3,9-10,12-15,17-18H2. The predicted molar refractivity (Wildman–Crippen MR) is 130 cm³/mol. The maximum atomic E-state index is 13.4. The lowest BCUT2D eigenvalue weighted by Gasteiger charge is -2.36. The molecular formula is C25H30FN7O2. The van der Waals surface area contributed by atoms with E-state index in [0.717, 1.165) is 31.5 Å². The SMILES string of the molecule is O=C(CNc1c(-c2ccc(F)cc2)nc2cnccn12)N1CCN(CC(=O)N2CCCCC2)CC1. The first kappa shape index (κ1) is 23.2. The van der Waals surface area contributed by atoms with Crippen molar-refractivity contribution in [3.05, 3.63) is 48.7 Å². The molecule has 184 valence electrons. The maximum absolute atomic E-state index is 13.4. The van der Waals surface area contributed by atoms with Crippen LogP contribution in [0.25, 0.3) is 16.9 Å². The molecule has 2 amide bonds. The van der Waals surface area contributed by atoms with Crippen LogP contribution in [0, 0.1) is 5.82 Å². The smallest absolute Gasteiger partial charge is 0.242 e. The average Bonchev–Trinajstić information content (AvgIpc) is 3.27. The molecule has 2 saturated heterocycles. The van der Waals surface area contributed by atoms with E-state index in [9.17, 15) is 14.0 Å². The predicted octanol–water partition coefficient (Wildman–Crippen LogP) is 2.10. The monoisotopic (exact) mass is 479 g/mol. The number of carbonyl (C=O) groups is 2. The molecule has 5 rings (SSSR count). The van der Waals surface area contributed by atoms with Gasteiger partial charge in [-0.15, -0.1) is 0 Å². The van der Waals surface area contributed by atoms with Gasteiger partial charge in [0.25, 0.3) is 0 Å². The molecular weight excluding hydrogens is 449 g/mol. The largest absolute Gasteiger partial charge is 0.360 e. The first-order chi connectivity index (χ1) is 17.1. The number of rotatable bonds is 6. The second-order valence-corrected chi connectivity index (χ2v) is 9.07. The van der Waals surface area contributed by atoms with E-state index in [1.165, 1.54) is 18.6 Å². The molecule has 0 unspecified atom stereocenters. The van der Waals surface area contributed by atoms with Crippen molar-refractivity contribution in [1.82, 2.24) is 29.1 Å². The van der Waals surface area contributed by atoms with Gasteiger partial charge in [0.05, 0.1) is 19.3 Å². The second kappa shape index (κ2) is 10.4. The van der Waals surface area contributed by atoms with Gasteiger partial charge in [-0.3, -0.25) is 23.9 Å². The Morgan fingerprint density at radius 1 is 0.914 bits per heavy atom. The Kier molecular flexibility index (Phi) is 6.89. The van der Waals surface area contributed by atoms with E-state index in [1.54, 1.807) is 30.7 Å². The number of likely N-dealkylation sites (tertiary alicyclic amines) is 1. The molecule has 3 aromatic rings. The molecule has 2 aromatic heterocycles. The average molecular weight is 480 g/mol. The van der Waals surface area contributed by atoms with E-state index in [4.69, 9.17) is 0 Å². The maximum Gasteiger partial charge on any atom is 0.242 e. The van der Waals surface area contributed by atoms with Crippen LogP contribution in [0.2, 0.25) is 0 Å². The minimum atomic E-state index is -0.319. The molecule has 35 heavy (non-hydrogen) atoms.